The van der Waals surface area contributed by atoms with Gasteiger partial charge >= 0.3 is 0 Å². The Kier molecular flexibility index (Phi) is 3.99. The van der Waals surface area contributed by atoms with Crippen LogP contribution in [0, 0.1) is 5.92 Å². The summed E-state index contributed by atoms with van der Waals surface area (Å²) in [5.41, 5.74) is 1.56. The minimum absolute atomic E-state index is 0. The summed E-state index contributed by atoms with van der Waals surface area (Å²) >= 11 is 0. The van der Waals surface area contributed by atoms with E-state index in [2.05, 4.69) is 31.9 Å². The van der Waals surface area contributed by atoms with Gasteiger partial charge in [-0.05, 0) is 50.4 Å². The van der Waals surface area contributed by atoms with Crippen LogP contribution in [0.2, 0.25) is 0 Å². The van der Waals surface area contributed by atoms with Crippen LogP contribution in [0.1, 0.15) is 38.7 Å². The van der Waals surface area contributed by atoms with Crippen molar-refractivity contribution in [2.24, 2.45) is 5.92 Å². The van der Waals surface area contributed by atoms with E-state index in [0.717, 1.165) is 0 Å². The minimum Gasteiger partial charge on any atom is -0.508 e. The fourth-order valence-electron chi connectivity index (χ4n) is 4.66. The summed E-state index contributed by atoms with van der Waals surface area (Å²) in [6, 6.07) is 9.20. The molecular formula is C16H24BrNO. The van der Waals surface area contributed by atoms with E-state index >= 15 is 0 Å². The number of phenolic OH excluding ortho intramolecular Hbond substituents is 1. The molecule has 0 aromatic heterocycles. The molecule has 1 saturated carbocycles. The van der Waals surface area contributed by atoms with Gasteiger partial charge in [0.1, 0.15) is 5.75 Å². The number of hydrogen-bond acceptors (Lipinski definition) is 2. The molecule has 0 spiro atoms. The molecule has 4 unspecified atom stereocenters. The highest BCUT2D eigenvalue weighted by molar-refractivity contribution is 8.93. The molecule has 1 aliphatic carbocycles. The molecule has 3 heteroatoms. The van der Waals surface area contributed by atoms with E-state index in [0.29, 0.717) is 23.8 Å². The maximum atomic E-state index is 9.79. The number of fused-ring (bicyclic) bond motifs is 2. The largest absolute Gasteiger partial charge is 0.508 e. The van der Waals surface area contributed by atoms with Crippen molar-refractivity contribution in [3.05, 3.63) is 29.8 Å². The molecule has 1 aliphatic heterocycles. The summed E-state index contributed by atoms with van der Waals surface area (Å²) in [5, 5.41) is 9.79. The molecule has 2 nitrogen and oxygen atoms in total. The van der Waals surface area contributed by atoms with E-state index in [1.165, 1.54) is 24.8 Å². The summed E-state index contributed by atoms with van der Waals surface area (Å²) in [6.07, 6.45) is 3.88. The first kappa shape index (κ1) is 14.9. The van der Waals surface area contributed by atoms with Gasteiger partial charge in [-0.2, -0.15) is 0 Å². The number of phenols is 1. The third-order valence-corrected chi connectivity index (χ3v) is 5.74. The second-order valence-corrected chi connectivity index (χ2v) is 6.18. The van der Waals surface area contributed by atoms with E-state index < -0.39 is 0 Å². The molecule has 19 heavy (non-hydrogen) atoms. The average Bonchev–Trinajstić information content (AvgIpc) is 2.49. The van der Waals surface area contributed by atoms with Crippen LogP contribution in [0.4, 0.5) is 0 Å². The number of aromatic hydroxyl groups is 1. The molecule has 1 N–H and O–H groups in total. The highest BCUT2D eigenvalue weighted by atomic mass is 79.9. The number of likely N-dealkylation sites (N-methyl/N-ethyl adjacent to an activating group) is 1. The van der Waals surface area contributed by atoms with Crippen LogP contribution >= 0.6 is 17.0 Å². The van der Waals surface area contributed by atoms with Gasteiger partial charge < -0.3 is 5.11 Å². The maximum absolute atomic E-state index is 9.79. The van der Waals surface area contributed by atoms with Gasteiger partial charge in [-0.1, -0.05) is 25.5 Å². The van der Waals surface area contributed by atoms with Crippen LogP contribution < -0.4 is 0 Å². The Labute approximate surface area is 126 Å². The first-order chi connectivity index (χ1) is 8.57. The molecule has 4 atom stereocenters. The van der Waals surface area contributed by atoms with E-state index in [1.54, 1.807) is 6.07 Å². The van der Waals surface area contributed by atoms with Gasteiger partial charge in [0.2, 0.25) is 0 Å². The van der Waals surface area contributed by atoms with E-state index in [9.17, 15) is 5.11 Å². The van der Waals surface area contributed by atoms with E-state index in [1.807, 2.05) is 12.1 Å². The monoisotopic (exact) mass is 325 g/mol. The van der Waals surface area contributed by atoms with Gasteiger partial charge in [-0.25, -0.2) is 0 Å². The standard InChI is InChI=1S/C16H23NO.BrH/c1-11-15-8-5-9-16(11,12(2)17(15)3)13-6-4-7-14(18)10-13;/h4,6-7,10-12,15,18H,5,8-9H2,1-3H3;1H. The van der Waals surface area contributed by atoms with Crippen LogP contribution in [0.15, 0.2) is 24.3 Å². The third-order valence-electron chi connectivity index (χ3n) is 5.74. The molecule has 1 aromatic carbocycles. The topological polar surface area (TPSA) is 23.5 Å². The van der Waals surface area contributed by atoms with Crippen molar-refractivity contribution in [1.82, 2.24) is 4.90 Å². The normalized spacial score (nSPS) is 37.9. The van der Waals surface area contributed by atoms with Crippen molar-refractivity contribution in [3.63, 3.8) is 0 Å². The van der Waals surface area contributed by atoms with Gasteiger partial charge in [-0.3, -0.25) is 4.90 Å². The van der Waals surface area contributed by atoms with E-state index in [4.69, 9.17) is 0 Å². The number of rotatable bonds is 1. The Morgan fingerprint density at radius 1 is 1.32 bits per heavy atom. The number of likely N-dealkylation sites (tertiary alicyclic amines) is 1. The smallest absolute Gasteiger partial charge is 0.115 e. The molecule has 1 saturated heterocycles. The van der Waals surface area contributed by atoms with Crippen molar-refractivity contribution in [2.45, 2.75) is 50.6 Å². The SMILES string of the molecule is Br.CC1C2CCCC1(c1cccc(O)c1)C(C)N2C. The quantitative estimate of drug-likeness (QED) is 0.850. The van der Waals surface area contributed by atoms with Crippen molar-refractivity contribution >= 4 is 17.0 Å². The van der Waals surface area contributed by atoms with Gasteiger partial charge in [0.05, 0.1) is 0 Å². The van der Waals surface area contributed by atoms with Crippen molar-refractivity contribution < 1.29 is 5.11 Å². The highest BCUT2D eigenvalue weighted by Gasteiger charge is 2.56. The van der Waals surface area contributed by atoms with Crippen molar-refractivity contribution in [1.29, 1.82) is 0 Å². The Morgan fingerprint density at radius 3 is 2.74 bits per heavy atom. The highest BCUT2D eigenvalue weighted by Crippen LogP contribution is 2.54. The Morgan fingerprint density at radius 2 is 2.05 bits per heavy atom. The molecule has 1 heterocycles. The van der Waals surface area contributed by atoms with Crippen LogP contribution in [-0.4, -0.2) is 29.1 Å². The zero-order valence-electron chi connectivity index (χ0n) is 12.0. The molecule has 0 radical (unpaired) electrons. The maximum Gasteiger partial charge on any atom is 0.115 e. The summed E-state index contributed by atoms with van der Waals surface area (Å²) in [5.74, 6) is 1.08. The Balaban J connectivity index is 0.00000133. The molecule has 1 aromatic rings. The van der Waals surface area contributed by atoms with Crippen molar-refractivity contribution in [2.75, 3.05) is 7.05 Å². The van der Waals surface area contributed by atoms with Gasteiger partial charge in [0, 0.05) is 17.5 Å². The molecule has 2 bridgehead atoms. The van der Waals surface area contributed by atoms with E-state index in [-0.39, 0.29) is 22.4 Å². The number of nitrogens with zero attached hydrogens (tertiary/aromatic N) is 1. The zero-order valence-corrected chi connectivity index (χ0v) is 13.7. The Bertz CT molecular complexity index is 458. The molecule has 2 fully saturated rings. The summed E-state index contributed by atoms with van der Waals surface area (Å²) in [7, 11) is 2.27. The summed E-state index contributed by atoms with van der Waals surface area (Å²) < 4.78 is 0. The molecular weight excluding hydrogens is 302 g/mol. The lowest BCUT2D eigenvalue weighted by atomic mass is 9.62. The molecule has 2 aliphatic rings. The van der Waals surface area contributed by atoms with Crippen LogP contribution in [0.3, 0.4) is 0 Å². The second-order valence-electron chi connectivity index (χ2n) is 6.18. The second kappa shape index (κ2) is 5.10. The number of halogens is 1. The average molecular weight is 326 g/mol. The van der Waals surface area contributed by atoms with Crippen LogP contribution in [0.5, 0.6) is 5.75 Å². The molecule has 3 rings (SSSR count). The number of hydrogen-bond donors (Lipinski definition) is 1. The predicted molar refractivity (Wildman–Crippen MR) is 84.1 cm³/mol. The number of benzene rings is 1. The lowest BCUT2D eigenvalue weighted by Gasteiger charge is -2.41. The minimum atomic E-state index is 0. The molecule has 106 valence electrons. The summed E-state index contributed by atoms with van der Waals surface area (Å²) in [6.45, 7) is 4.75. The third kappa shape index (κ3) is 1.93. The van der Waals surface area contributed by atoms with Gasteiger partial charge in [0.15, 0.2) is 0 Å². The van der Waals surface area contributed by atoms with Gasteiger partial charge in [-0.15, -0.1) is 17.0 Å². The lowest BCUT2D eigenvalue weighted by molar-refractivity contribution is 0.219. The first-order valence-electron chi connectivity index (χ1n) is 7.09. The Hall–Kier alpha value is -0.540. The van der Waals surface area contributed by atoms with Crippen LogP contribution in [0.25, 0.3) is 0 Å². The lowest BCUT2D eigenvalue weighted by Crippen LogP contribution is -2.42. The molecule has 0 amide bonds. The zero-order chi connectivity index (χ0) is 12.9. The van der Waals surface area contributed by atoms with Crippen molar-refractivity contribution in [3.8, 4) is 5.75 Å². The summed E-state index contributed by atoms with van der Waals surface area (Å²) in [4.78, 5) is 2.56. The fourth-order valence-corrected chi connectivity index (χ4v) is 4.66. The fraction of sp³-hybridized carbons (Fsp3) is 0.625. The predicted octanol–water partition coefficient (Wildman–Crippen LogP) is 3.73. The van der Waals surface area contributed by atoms with Gasteiger partial charge in [0.25, 0.3) is 0 Å². The van der Waals surface area contributed by atoms with Crippen LogP contribution in [-0.2, 0) is 5.41 Å². The first-order valence-corrected chi connectivity index (χ1v) is 7.09.